The Balaban J connectivity index is 1.69. The van der Waals surface area contributed by atoms with Gasteiger partial charge in [-0.2, -0.15) is 0 Å². The molecule has 0 unspecified atom stereocenters. The lowest BCUT2D eigenvalue weighted by atomic mass is 10.1. The smallest absolute Gasteiger partial charge is 0.0835 e. The van der Waals surface area contributed by atoms with Gasteiger partial charge in [-0.05, 0) is 42.7 Å². The highest BCUT2D eigenvalue weighted by Crippen LogP contribution is 2.13. The molecule has 4 heteroatoms. The topological polar surface area (TPSA) is 30.7 Å². The molecule has 0 aliphatic heterocycles. The second kappa shape index (κ2) is 5.88. The van der Waals surface area contributed by atoms with Crippen molar-refractivity contribution in [3.05, 3.63) is 77.1 Å². The van der Waals surface area contributed by atoms with Crippen LogP contribution in [0.4, 0.5) is 0 Å². The number of para-hydroxylation sites is 1. The molecule has 0 saturated carbocycles. The number of hydrogen-bond donors (Lipinski definition) is 0. The zero-order valence-corrected chi connectivity index (χ0v) is 11.7. The zero-order valence-electron chi connectivity index (χ0n) is 10.9. The lowest BCUT2D eigenvalue weighted by Crippen LogP contribution is -1.93. The van der Waals surface area contributed by atoms with Gasteiger partial charge in [0.15, 0.2) is 0 Å². The van der Waals surface area contributed by atoms with Crippen molar-refractivity contribution in [2.45, 2.75) is 12.8 Å². The molecular weight excluding hydrogens is 270 g/mol. The first-order valence-electron chi connectivity index (χ1n) is 6.52. The molecular formula is C16H14ClN3. The van der Waals surface area contributed by atoms with Gasteiger partial charge in [0, 0.05) is 5.02 Å². The van der Waals surface area contributed by atoms with E-state index in [0.29, 0.717) is 0 Å². The third-order valence-corrected chi connectivity index (χ3v) is 3.36. The van der Waals surface area contributed by atoms with Gasteiger partial charge in [-0.25, -0.2) is 4.68 Å². The average molecular weight is 284 g/mol. The highest BCUT2D eigenvalue weighted by Gasteiger charge is 2.03. The summed E-state index contributed by atoms with van der Waals surface area (Å²) in [6.45, 7) is 0. The SMILES string of the molecule is Clc1cccc(CCc2cn(-c3ccccc3)nn2)c1. The van der Waals surface area contributed by atoms with Crippen LogP contribution in [0.2, 0.25) is 5.02 Å². The van der Waals surface area contributed by atoms with E-state index in [2.05, 4.69) is 16.4 Å². The first-order chi connectivity index (χ1) is 9.81. The van der Waals surface area contributed by atoms with E-state index in [-0.39, 0.29) is 0 Å². The Morgan fingerprint density at radius 3 is 2.60 bits per heavy atom. The van der Waals surface area contributed by atoms with Gasteiger partial charge in [0.2, 0.25) is 0 Å². The average Bonchev–Trinajstić information content (AvgIpc) is 2.95. The highest BCUT2D eigenvalue weighted by molar-refractivity contribution is 6.30. The third-order valence-electron chi connectivity index (χ3n) is 3.12. The van der Waals surface area contributed by atoms with Crippen molar-refractivity contribution in [2.24, 2.45) is 0 Å². The number of halogens is 1. The second-order valence-corrected chi connectivity index (χ2v) is 5.06. The molecule has 20 heavy (non-hydrogen) atoms. The summed E-state index contributed by atoms with van der Waals surface area (Å²) in [6, 6.07) is 17.9. The van der Waals surface area contributed by atoms with Crippen LogP contribution in [0, 0.1) is 0 Å². The van der Waals surface area contributed by atoms with Crippen LogP contribution in [-0.2, 0) is 12.8 Å². The van der Waals surface area contributed by atoms with Crippen LogP contribution in [-0.4, -0.2) is 15.0 Å². The standard InChI is InChI=1S/C16H14ClN3/c17-14-6-4-5-13(11-14)9-10-15-12-20(19-18-15)16-7-2-1-3-8-16/h1-8,11-12H,9-10H2. The Bertz CT molecular complexity index is 692. The van der Waals surface area contributed by atoms with E-state index in [1.807, 2.05) is 54.7 Å². The minimum atomic E-state index is 0.774. The van der Waals surface area contributed by atoms with Crippen molar-refractivity contribution in [2.75, 3.05) is 0 Å². The number of aromatic nitrogens is 3. The molecule has 0 aliphatic rings. The van der Waals surface area contributed by atoms with Crippen molar-refractivity contribution in [3.8, 4) is 5.69 Å². The predicted molar refractivity (Wildman–Crippen MR) is 80.2 cm³/mol. The summed E-state index contributed by atoms with van der Waals surface area (Å²) in [7, 11) is 0. The third kappa shape index (κ3) is 3.06. The van der Waals surface area contributed by atoms with Crippen LogP contribution in [0.3, 0.4) is 0 Å². The van der Waals surface area contributed by atoms with E-state index in [1.165, 1.54) is 5.56 Å². The molecule has 3 nitrogen and oxygen atoms in total. The quantitative estimate of drug-likeness (QED) is 0.731. The predicted octanol–water partition coefficient (Wildman–Crippen LogP) is 3.71. The second-order valence-electron chi connectivity index (χ2n) is 4.62. The van der Waals surface area contributed by atoms with Crippen LogP contribution in [0.15, 0.2) is 60.8 Å². The van der Waals surface area contributed by atoms with Crippen molar-refractivity contribution in [1.29, 1.82) is 0 Å². The molecule has 1 heterocycles. The Hall–Kier alpha value is -2.13. The number of hydrogen-bond acceptors (Lipinski definition) is 2. The molecule has 3 aromatic rings. The molecule has 0 amide bonds. The maximum Gasteiger partial charge on any atom is 0.0835 e. The molecule has 3 rings (SSSR count). The van der Waals surface area contributed by atoms with Crippen LogP contribution in [0.5, 0.6) is 0 Å². The van der Waals surface area contributed by atoms with Gasteiger partial charge in [0.05, 0.1) is 17.6 Å². The molecule has 1 aromatic heterocycles. The lowest BCUT2D eigenvalue weighted by molar-refractivity contribution is 0.794. The van der Waals surface area contributed by atoms with Crippen LogP contribution < -0.4 is 0 Å². The maximum atomic E-state index is 5.98. The lowest BCUT2D eigenvalue weighted by Gasteiger charge is -1.99. The van der Waals surface area contributed by atoms with Gasteiger partial charge in [-0.15, -0.1) is 5.10 Å². The Kier molecular flexibility index (Phi) is 3.79. The fraction of sp³-hybridized carbons (Fsp3) is 0.125. The first-order valence-corrected chi connectivity index (χ1v) is 6.90. The summed E-state index contributed by atoms with van der Waals surface area (Å²) < 4.78 is 1.80. The monoisotopic (exact) mass is 283 g/mol. The van der Waals surface area contributed by atoms with Gasteiger partial charge in [-0.1, -0.05) is 47.1 Å². The zero-order chi connectivity index (χ0) is 13.8. The molecule has 0 radical (unpaired) electrons. The molecule has 0 N–H and O–H groups in total. The Morgan fingerprint density at radius 1 is 0.950 bits per heavy atom. The van der Waals surface area contributed by atoms with E-state index < -0.39 is 0 Å². The Labute approximate surface area is 122 Å². The first kappa shape index (κ1) is 12.9. The minimum absolute atomic E-state index is 0.774. The molecule has 0 atom stereocenters. The number of nitrogens with zero attached hydrogens (tertiary/aromatic N) is 3. The maximum absolute atomic E-state index is 5.98. The van der Waals surface area contributed by atoms with E-state index in [9.17, 15) is 0 Å². The van der Waals surface area contributed by atoms with Gasteiger partial charge >= 0.3 is 0 Å². The van der Waals surface area contributed by atoms with Crippen LogP contribution >= 0.6 is 11.6 Å². The normalized spacial score (nSPS) is 10.7. The van der Waals surface area contributed by atoms with Crippen molar-refractivity contribution in [3.63, 3.8) is 0 Å². The van der Waals surface area contributed by atoms with E-state index in [4.69, 9.17) is 11.6 Å². The van der Waals surface area contributed by atoms with Crippen LogP contribution in [0.25, 0.3) is 5.69 Å². The largest absolute Gasteiger partial charge is 0.220 e. The molecule has 0 spiro atoms. The number of rotatable bonds is 4. The summed E-state index contributed by atoms with van der Waals surface area (Å²) >= 11 is 5.98. The molecule has 0 aliphatic carbocycles. The van der Waals surface area contributed by atoms with Crippen molar-refractivity contribution < 1.29 is 0 Å². The van der Waals surface area contributed by atoms with E-state index >= 15 is 0 Å². The molecule has 0 fully saturated rings. The van der Waals surface area contributed by atoms with Gasteiger partial charge in [0.1, 0.15) is 0 Å². The van der Waals surface area contributed by atoms with Crippen molar-refractivity contribution >= 4 is 11.6 Å². The molecule has 2 aromatic carbocycles. The summed E-state index contributed by atoms with van der Waals surface area (Å²) in [5.74, 6) is 0. The number of benzene rings is 2. The molecule has 100 valence electrons. The van der Waals surface area contributed by atoms with Gasteiger partial charge in [-0.3, -0.25) is 0 Å². The van der Waals surface area contributed by atoms with E-state index in [0.717, 1.165) is 29.2 Å². The summed E-state index contributed by atoms with van der Waals surface area (Å²) in [5.41, 5.74) is 3.22. The molecule has 0 bridgehead atoms. The summed E-state index contributed by atoms with van der Waals surface area (Å²) in [4.78, 5) is 0. The van der Waals surface area contributed by atoms with Gasteiger partial charge < -0.3 is 0 Å². The van der Waals surface area contributed by atoms with Gasteiger partial charge in [0.25, 0.3) is 0 Å². The fourth-order valence-corrected chi connectivity index (χ4v) is 2.30. The Morgan fingerprint density at radius 2 is 1.80 bits per heavy atom. The minimum Gasteiger partial charge on any atom is -0.220 e. The highest BCUT2D eigenvalue weighted by atomic mass is 35.5. The summed E-state index contributed by atoms with van der Waals surface area (Å²) in [5, 5.41) is 9.14. The van der Waals surface area contributed by atoms with E-state index in [1.54, 1.807) is 4.68 Å². The summed E-state index contributed by atoms with van der Waals surface area (Å²) in [6.07, 6.45) is 3.74. The fourth-order valence-electron chi connectivity index (χ4n) is 2.08. The number of aryl methyl sites for hydroxylation is 2. The van der Waals surface area contributed by atoms with Crippen LogP contribution in [0.1, 0.15) is 11.3 Å². The van der Waals surface area contributed by atoms with Crippen molar-refractivity contribution in [1.82, 2.24) is 15.0 Å². The molecule has 0 saturated heterocycles.